The van der Waals surface area contributed by atoms with Crippen molar-refractivity contribution in [3.8, 4) is 0 Å². The van der Waals surface area contributed by atoms with Crippen molar-refractivity contribution in [1.29, 1.82) is 0 Å². The molecule has 1 spiro atoms. The summed E-state index contributed by atoms with van der Waals surface area (Å²) in [4.78, 5) is 52.1. The fourth-order valence-corrected chi connectivity index (χ4v) is 4.14. The van der Waals surface area contributed by atoms with Crippen molar-refractivity contribution < 1.29 is 23.9 Å². The molecule has 0 aromatic heterocycles. The quantitative estimate of drug-likeness (QED) is 0.684. The molecule has 4 rings (SSSR count). The maximum absolute atomic E-state index is 13.2. The third-order valence-corrected chi connectivity index (χ3v) is 5.81. The Morgan fingerprint density at radius 3 is 2.43 bits per heavy atom. The summed E-state index contributed by atoms with van der Waals surface area (Å²) in [5, 5.41) is 4.95. The van der Waals surface area contributed by atoms with Crippen molar-refractivity contribution in [3.63, 3.8) is 0 Å². The summed E-state index contributed by atoms with van der Waals surface area (Å²) >= 11 is 0. The molecule has 2 unspecified atom stereocenters. The maximum atomic E-state index is 13.2. The maximum Gasteiger partial charge on any atom is 0.322 e. The predicted octanol–water partition coefficient (Wildman–Crippen LogP) is -0.214. The summed E-state index contributed by atoms with van der Waals surface area (Å²) in [6.45, 7) is 0.504. The first-order chi connectivity index (χ1) is 13.4. The van der Waals surface area contributed by atoms with Crippen LogP contribution in [0.5, 0.6) is 0 Å². The van der Waals surface area contributed by atoms with Crippen LogP contribution in [0.4, 0.5) is 4.79 Å². The molecule has 0 saturated carbocycles. The van der Waals surface area contributed by atoms with Gasteiger partial charge in [0.25, 0.3) is 11.8 Å². The Morgan fingerprint density at radius 2 is 1.82 bits per heavy atom. The van der Waals surface area contributed by atoms with E-state index in [0.717, 1.165) is 5.56 Å². The smallest absolute Gasteiger partial charge is 0.322 e. The van der Waals surface area contributed by atoms with Crippen LogP contribution < -0.4 is 10.6 Å². The first-order valence-electron chi connectivity index (χ1n) is 9.26. The van der Waals surface area contributed by atoms with E-state index in [9.17, 15) is 19.2 Å². The van der Waals surface area contributed by atoms with E-state index in [4.69, 9.17) is 4.74 Å². The standard InChI is InChI=1S/C19H22N4O5/c1-22-13(24)11-28-15(14(22)12-5-3-2-4-6-12)16(25)23-9-7-19(8-10-23)17(26)20-18(27)21-19/h2-6,14-15H,7-11H2,1H3,(H2,20,21,26,27). The van der Waals surface area contributed by atoms with Gasteiger partial charge in [0, 0.05) is 20.1 Å². The number of rotatable bonds is 2. The Hall–Kier alpha value is -2.94. The van der Waals surface area contributed by atoms with Crippen molar-refractivity contribution >= 4 is 23.8 Å². The van der Waals surface area contributed by atoms with Crippen LogP contribution in [0.1, 0.15) is 24.4 Å². The average molecular weight is 386 g/mol. The number of likely N-dealkylation sites (N-methyl/N-ethyl adjacent to an activating group) is 1. The van der Waals surface area contributed by atoms with Crippen molar-refractivity contribution in [2.24, 2.45) is 0 Å². The van der Waals surface area contributed by atoms with E-state index in [0.29, 0.717) is 25.9 Å². The SMILES string of the molecule is CN1C(=O)COC(C(=O)N2CCC3(CC2)NC(=O)NC3=O)C1c1ccccc1. The van der Waals surface area contributed by atoms with Crippen LogP contribution in [0.25, 0.3) is 0 Å². The number of amides is 5. The van der Waals surface area contributed by atoms with Gasteiger partial charge < -0.3 is 19.9 Å². The van der Waals surface area contributed by atoms with Crippen LogP contribution in [-0.2, 0) is 19.1 Å². The van der Waals surface area contributed by atoms with E-state index >= 15 is 0 Å². The van der Waals surface area contributed by atoms with E-state index in [-0.39, 0.29) is 24.3 Å². The zero-order chi connectivity index (χ0) is 19.9. The highest BCUT2D eigenvalue weighted by Gasteiger charge is 2.50. The van der Waals surface area contributed by atoms with E-state index < -0.39 is 23.7 Å². The second-order valence-electron chi connectivity index (χ2n) is 7.41. The van der Waals surface area contributed by atoms with Crippen molar-refractivity contribution in [2.75, 3.05) is 26.7 Å². The summed E-state index contributed by atoms with van der Waals surface area (Å²) in [6, 6.07) is 8.31. The van der Waals surface area contributed by atoms with Crippen LogP contribution in [-0.4, -0.2) is 71.9 Å². The molecular formula is C19H22N4O5. The molecule has 2 N–H and O–H groups in total. The highest BCUT2D eigenvalue weighted by Crippen LogP contribution is 2.32. The number of hydrogen-bond acceptors (Lipinski definition) is 5. The van der Waals surface area contributed by atoms with E-state index in [1.165, 1.54) is 0 Å². The molecule has 28 heavy (non-hydrogen) atoms. The zero-order valence-electron chi connectivity index (χ0n) is 15.5. The number of hydrogen-bond donors (Lipinski definition) is 2. The van der Waals surface area contributed by atoms with Gasteiger partial charge in [-0.15, -0.1) is 0 Å². The van der Waals surface area contributed by atoms with E-state index in [1.54, 1.807) is 16.8 Å². The second-order valence-corrected chi connectivity index (χ2v) is 7.41. The Bertz CT molecular complexity index is 819. The summed E-state index contributed by atoms with van der Waals surface area (Å²) in [7, 11) is 1.67. The van der Waals surface area contributed by atoms with Crippen molar-refractivity contribution in [3.05, 3.63) is 35.9 Å². The molecule has 9 heteroatoms. The number of benzene rings is 1. The normalized spacial score (nSPS) is 27.0. The monoisotopic (exact) mass is 386 g/mol. The molecule has 2 atom stereocenters. The van der Waals surface area contributed by atoms with Gasteiger partial charge in [0.1, 0.15) is 12.1 Å². The van der Waals surface area contributed by atoms with Crippen molar-refractivity contribution in [2.45, 2.75) is 30.5 Å². The number of likely N-dealkylation sites (tertiary alicyclic amines) is 1. The van der Waals surface area contributed by atoms with E-state index in [2.05, 4.69) is 10.6 Å². The Balaban J connectivity index is 1.51. The molecule has 3 heterocycles. The summed E-state index contributed by atoms with van der Waals surface area (Å²) in [6.07, 6.45) is -0.132. The molecular weight excluding hydrogens is 364 g/mol. The molecule has 0 bridgehead atoms. The van der Waals surface area contributed by atoms with Gasteiger partial charge in [-0.05, 0) is 18.4 Å². The fraction of sp³-hybridized carbons (Fsp3) is 0.474. The van der Waals surface area contributed by atoms with Gasteiger partial charge in [-0.25, -0.2) is 4.79 Å². The molecule has 9 nitrogen and oxygen atoms in total. The minimum atomic E-state index is -0.938. The molecule has 0 radical (unpaired) electrons. The van der Waals surface area contributed by atoms with Gasteiger partial charge in [0.05, 0.1) is 6.04 Å². The summed E-state index contributed by atoms with van der Waals surface area (Å²) in [5.41, 5.74) is -0.111. The molecule has 3 aliphatic heterocycles. The molecule has 3 aliphatic rings. The van der Waals surface area contributed by atoms with Crippen LogP contribution in [0, 0.1) is 0 Å². The molecule has 148 valence electrons. The molecule has 5 amide bonds. The first kappa shape index (κ1) is 18.4. The number of carbonyl (C=O) groups excluding carboxylic acids is 4. The average Bonchev–Trinajstić information content (AvgIpc) is 2.97. The lowest BCUT2D eigenvalue weighted by Crippen LogP contribution is -2.59. The highest BCUT2D eigenvalue weighted by molar-refractivity contribution is 6.07. The lowest BCUT2D eigenvalue weighted by atomic mass is 9.87. The van der Waals surface area contributed by atoms with E-state index in [1.807, 2.05) is 30.3 Å². The van der Waals surface area contributed by atoms with Gasteiger partial charge in [0.2, 0.25) is 5.91 Å². The van der Waals surface area contributed by atoms with Gasteiger partial charge in [-0.3, -0.25) is 19.7 Å². The molecule has 3 saturated heterocycles. The minimum absolute atomic E-state index is 0.146. The van der Waals surface area contributed by atoms with Crippen LogP contribution in [0.15, 0.2) is 30.3 Å². The Morgan fingerprint density at radius 1 is 1.14 bits per heavy atom. The highest BCUT2D eigenvalue weighted by atomic mass is 16.5. The summed E-state index contributed by atoms with van der Waals surface area (Å²) < 4.78 is 5.67. The number of ether oxygens (including phenoxy) is 1. The number of morpholine rings is 1. The second kappa shape index (κ2) is 6.90. The van der Waals surface area contributed by atoms with Gasteiger partial charge >= 0.3 is 6.03 Å². The number of urea groups is 1. The third-order valence-electron chi connectivity index (χ3n) is 5.81. The van der Waals surface area contributed by atoms with Crippen LogP contribution >= 0.6 is 0 Å². The molecule has 3 fully saturated rings. The molecule has 0 aliphatic carbocycles. The van der Waals surface area contributed by atoms with Crippen molar-refractivity contribution in [1.82, 2.24) is 20.4 Å². The number of nitrogens with one attached hydrogen (secondary N) is 2. The third kappa shape index (κ3) is 3.01. The Kier molecular flexibility index (Phi) is 4.54. The number of nitrogens with zero attached hydrogens (tertiary/aromatic N) is 2. The van der Waals surface area contributed by atoms with Gasteiger partial charge in [-0.2, -0.15) is 0 Å². The zero-order valence-corrected chi connectivity index (χ0v) is 15.5. The predicted molar refractivity (Wildman–Crippen MR) is 96.9 cm³/mol. The first-order valence-corrected chi connectivity index (χ1v) is 9.26. The van der Waals surface area contributed by atoms with Gasteiger partial charge in [-0.1, -0.05) is 30.3 Å². The Labute approximate surface area is 162 Å². The number of imide groups is 1. The fourth-order valence-electron chi connectivity index (χ4n) is 4.14. The lowest BCUT2D eigenvalue weighted by molar-refractivity contribution is -0.168. The largest absolute Gasteiger partial charge is 0.356 e. The lowest BCUT2D eigenvalue weighted by Gasteiger charge is -2.42. The van der Waals surface area contributed by atoms with Crippen LogP contribution in [0.2, 0.25) is 0 Å². The van der Waals surface area contributed by atoms with Gasteiger partial charge in [0.15, 0.2) is 6.10 Å². The topological polar surface area (TPSA) is 108 Å². The summed E-state index contributed by atoms with van der Waals surface area (Å²) in [5.74, 6) is -0.736. The number of carbonyl (C=O) groups is 4. The molecule has 1 aromatic rings. The minimum Gasteiger partial charge on any atom is -0.356 e. The van der Waals surface area contributed by atoms with Crippen LogP contribution in [0.3, 0.4) is 0 Å². The molecule has 1 aromatic carbocycles. The number of piperidine rings is 1.